The second-order valence-electron chi connectivity index (χ2n) is 4.52. The molecule has 1 unspecified atom stereocenters. The van der Waals surface area contributed by atoms with E-state index in [4.69, 9.17) is 11.6 Å². The first-order chi connectivity index (χ1) is 8.01. The molecule has 1 aromatic rings. The third-order valence-corrected chi connectivity index (χ3v) is 5.10. The zero-order valence-corrected chi connectivity index (χ0v) is 11.2. The molecule has 17 heavy (non-hydrogen) atoms. The number of carbonyl (C=O) groups excluding carboxylic acids is 1. The van der Waals surface area contributed by atoms with Crippen molar-refractivity contribution in [2.45, 2.75) is 30.9 Å². The van der Waals surface area contributed by atoms with Crippen molar-refractivity contribution in [3.8, 4) is 0 Å². The van der Waals surface area contributed by atoms with Crippen LogP contribution < -0.4 is 0 Å². The number of hydrogen-bond donors (Lipinski definition) is 0. The lowest BCUT2D eigenvalue weighted by molar-refractivity contribution is -0.120. The minimum atomic E-state index is -0.346. The molecule has 0 aromatic heterocycles. The minimum absolute atomic E-state index is 0.146. The Bertz CT molecular complexity index is 441. The van der Waals surface area contributed by atoms with Crippen molar-refractivity contribution in [2.24, 2.45) is 0 Å². The number of benzene rings is 1. The van der Waals surface area contributed by atoms with Crippen molar-refractivity contribution >= 4 is 29.1 Å². The largest absolute Gasteiger partial charge is 0.298 e. The Morgan fingerprint density at radius 1 is 1.59 bits per heavy atom. The summed E-state index contributed by atoms with van der Waals surface area (Å²) in [7, 11) is 0. The van der Waals surface area contributed by atoms with Gasteiger partial charge in [0, 0.05) is 11.4 Å². The van der Waals surface area contributed by atoms with Crippen LogP contribution in [0.2, 0.25) is 5.02 Å². The Kier molecular flexibility index (Phi) is 3.79. The molecular weight excluding hydrogens is 259 g/mol. The number of ketones is 1. The smallest absolute Gasteiger partial charge is 0.153 e. The van der Waals surface area contributed by atoms with E-state index in [1.54, 1.807) is 11.8 Å². The Labute approximate surface area is 110 Å². The summed E-state index contributed by atoms with van der Waals surface area (Å²) in [5, 5.41) is 0.464. The Morgan fingerprint density at radius 3 is 3.00 bits per heavy atom. The average Bonchev–Trinajstić information content (AvgIpc) is 2.72. The molecule has 1 aliphatic heterocycles. The van der Waals surface area contributed by atoms with Crippen molar-refractivity contribution in [3.63, 3.8) is 0 Å². The van der Waals surface area contributed by atoms with E-state index in [-0.39, 0.29) is 22.8 Å². The second-order valence-corrected chi connectivity index (χ2v) is 6.52. The summed E-state index contributed by atoms with van der Waals surface area (Å²) in [6.07, 6.45) is 2.20. The van der Waals surface area contributed by atoms with Crippen molar-refractivity contribution in [1.29, 1.82) is 0 Å². The summed E-state index contributed by atoms with van der Waals surface area (Å²) in [6, 6.07) is 4.16. The van der Waals surface area contributed by atoms with Gasteiger partial charge in [0.25, 0.3) is 0 Å². The average molecular weight is 273 g/mol. The van der Waals surface area contributed by atoms with Gasteiger partial charge < -0.3 is 0 Å². The SMILES string of the molecule is CC1(C(=O)Cc2cc(F)ccc2Cl)CCCS1. The zero-order chi connectivity index (χ0) is 12.5. The molecule has 1 aliphatic rings. The molecule has 0 bridgehead atoms. The molecule has 0 aliphatic carbocycles. The van der Waals surface area contributed by atoms with E-state index in [1.807, 2.05) is 6.92 Å². The lowest BCUT2D eigenvalue weighted by atomic mass is 9.95. The van der Waals surface area contributed by atoms with Gasteiger partial charge in [-0.2, -0.15) is 0 Å². The lowest BCUT2D eigenvalue weighted by Gasteiger charge is -2.21. The van der Waals surface area contributed by atoms with E-state index in [1.165, 1.54) is 18.2 Å². The number of thioether (sulfide) groups is 1. The van der Waals surface area contributed by atoms with Crippen LogP contribution in [0.3, 0.4) is 0 Å². The first-order valence-corrected chi connectivity index (χ1v) is 6.99. The fourth-order valence-electron chi connectivity index (χ4n) is 2.04. The maximum Gasteiger partial charge on any atom is 0.153 e. The van der Waals surface area contributed by atoms with Crippen LogP contribution in [0.4, 0.5) is 4.39 Å². The van der Waals surface area contributed by atoms with Gasteiger partial charge in [-0.3, -0.25) is 4.79 Å². The molecule has 1 saturated heterocycles. The van der Waals surface area contributed by atoms with Crippen LogP contribution in [0.1, 0.15) is 25.3 Å². The molecule has 0 N–H and O–H groups in total. The molecule has 1 heterocycles. The molecule has 1 fully saturated rings. The van der Waals surface area contributed by atoms with Crippen molar-refractivity contribution in [3.05, 3.63) is 34.6 Å². The maximum atomic E-state index is 13.1. The molecule has 0 amide bonds. The molecule has 0 spiro atoms. The van der Waals surface area contributed by atoms with Gasteiger partial charge in [0.05, 0.1) is 4.75 Å². The summed E-state index contributed by atoms with van der Waals surface area (Å²) >= 11 is 7.66. The highest BCUT2D eigenvalue weighted by molar-refractivity contribution is 8.01. The van der Waals surface area contributed by atoms with Gasteiger partial charge >= 0.3 is 0 Å². The summed E-state index contributed by atoms with van der Waals surface area (Å²) in [5.41, 5.74) is 0.588. The van der Waals surface area contributed by atoms with Crippen molar-refractivity contribution in [1.82, 2.24) is 0 Å². The first-order valence-electron chi connectivity index (χ1n) is 5.62. The highest BCUT2D eigenvalue weighted by atomic mass is 35.5. The van der Waals surface area contributed by atoms with Crippen LogP contribution in [-0.4, -0.2) is 16.3 Å². The van der Waals surface area contributed by atoms with Crippen LogP contribution in [0.15, 0.2) is 18.2 Å². The van der Waals surface area contributed by atoms with Crippen LogP contribution in [0.25, 0.3) is 0 Å². The lowest BCUT2D eigenvalue weighted by Crippen LogP contribution is -2.30. The quantitative estimate of drug-likeness (QED) is 0.831. The zero-order valence-electron chi connectivity index (χ0n) is 9.63. The van der Waals surface area contributed by atoms with E-state index < -0.39 is 0 Å². The second kappa shape index (κ2) is 4.99. The molecule has 2 rings (SSSR count). The van der Waals surface area contributed by atoms with Crippen LogP contribution in [0, 0.1) is 5.82 Å². The third-order valence-electron chi connectivity index (χ3n) is 3.17. The van der Waals surface area contributed by atoms with Gasteiger partial charge in [0.15, 0.2) is 5.78 Å². The Morgan fingerprint density at radius 2 is 2.35 bits per heavy atom. The fourth-order valence-corrected chi connectivity index (χ4v) is 3.48. The van der Waals surface area contributed by atoms with E-state index in [9.17, 15) is 9.18 Å². The molecule has 92 valence electrons. The number of hydrogen-bond acceptors (Lipinski definition) is 2. The van der Waals surface area contributed by atoms with E-state index in [2.05, 4.69) is 0 Å². The molecule has 0 radical (unpaired) electrons. The van der Waals surface area contributed by atoms with E-state index >= 15 is 0 Å². The van der Waals surface area contributed by atoms with E-state index in [0.29, 0.717) is 10.6 Å². The summed E-state index contributed by atoms with van der Waals surface area (Å²) in [6.45, 7) is 1.97. The molecule has 4 heteroatoms. The Balaban J connectivity index is 2.15. The number of Topliss-reactive ketones (excluding diaryl/α,β-unsaturated/α-hetero) is 1. The van der Waals surface area contributed by atoms with Crippen molar-refractivity contribution < 1.29 is 9.18 Å². The summed E-state index contributed by atoms with van der Waals surface area (Å²) < 4.78 is 12.8. The number of halogens is 2. The van der Waals surface area contributed by atoms with Crippen LogP contribution in [-0.2, 0) is 11.2 Å². The van der Waals surface area contributed by atoms with Crippen LogP contribution in [0.5, 0.6) is 0 Å². The summed E-state index contributed by atoms with van der Waals surface area (Å²) in [4.78, 5) is 12.2. The maximum absolute atomic E-state index is 13.1. The monoisotopic (exact) mass is 272 g/mol. The van der Waals surface area contributed by atoms with Crippen molar-refractivity contribution in [2.75, 3.05) is 5.75 Å². The van der Waals surface area contributed by atoms with Gasteiger partial charge in [-0.15, -0.1) is 11.8 Å². The number of rotatable bonds is 3. The third kappa shape index (κ3) is 2.83. The van der Waals surface area contributed by atoms with Gasteiger partial charge in [0.2, 0.25) is 0 Å². The normalized spacial score (nSPS) is 23.9. The predicted molar refractivity (Wildman–Crippen MR) is 70.2 cm³/mol. The molecular formula is C13H14ClFOS. The Hall–Kier alpha value is -0.540. The number of carbonyl (C=O) groups is 1. The fraction of sp³-hybridized carbons (Fsp3) is 0.462. The minimum Gasteiger partial charge on any atom is -0.298 e. The summed E-state index contributed by atoms with van der Waals surface area (Å²) in [5.74, 6) is 0.827. The van der Waals surface area contributed by atoms with Gasteiger partial charge in [-0.25, -0.2) is 4.39 Å². The molecule has 1 nitrogen and oxygen atoms in total. The van der Waals surface area contributed by atoms with Gasteiger partial charge in [-0.05, 0) is 49.3 Å². The van der Waals surface area contributed by atoms with E-state index in [0.717, 1.165) is 18.6 Å². The topological polar surface area (TPSA) is 17.1 Å². The van der Waals surface area contributed by atoms with Crippen LogP contribution >= 0.6 is 23.4 Å². The highest BCUT2D eigenvalue weighted by Gasteiger charge is 2.36. The first kappa shape index (κ1) is 12.9. The standard InChI is InChI=1S/C13H14ClFOS/c1-13(5-2-6-17-13)12(16)8-9-7-10(15)3-4-11(9)14/h3-4,7H,2,5-6,8H2,1H3. The molecule has 1 aromatic carbocycles. The molecule has 1 atom stereocenters. The van der Waals surface area contributed by atoms with Gasteiger partial charge in [0.1, 0.15) is 5.82 Å². The highest BCUT2D eigenvalue weighted by Crippen LogP contribution is 2.39. The molecule has 0 saturated carbocycles. The van der Waals surface area contributed by atoms with Gasteiger partial charge in [-0.1, -0.05) is 11.6 Å². The predicted octanol–water partition coefficient (Wildman–Crippen LogP) is 3.88.